The fourth-order valence-corrected chi connectivity index (χ4v) is 5.57. The molecule has 196 valence electrons. The molecule has 1 aliphatic heterocycles. The highest BCUT2D eigenvalue weighted by molar-refractivity contribution is 5.75. The Bertz CT molecular complexity index is 1350. The minimum atomic E-state index is 0.373. The number of fused-ring (bicyclic) bond motifs is 3. The highest BCUT2D eigenvalue weighted by Gasteiger charge is 2.24. The van der Waals surface area contributed by atoms with Gasteiger partial charge in [0, 0.05) is 11.3 Å². The van der Waals surface area contributed by atoms with Gasteiger partial charge in [-0.2, -0.15) is 0 Å². The van der Waals surface area contributed by atoms with E-state index in [2.05, 4.69) is 87.8 Å². The molecule has 4 N–H and O–H groups in total. The number of terminal acetylenes is 1. The third-order valence-corrected chi connectivity index (χ3v) is 7.55. The van der Waals surface area contributed by atoms with Crippen molar-refractivity contribution in [2.24, 2.45) is 0 Å². The van der Waals surface area contributed by atoms with Gasteiger partial charge in [-0.25, -0.2) is 9.97 Å². The average molecular weight is 507 g/mol. The summed E-state index contributed by atoms with van der Waals surface area (Å²) in [5.74, 6) is 2.10. The Morgan fingerprint density at radius 1 is 0.947 bits per heavy atom. The van der Waals surface area contributed by atoms with Gasteiger partial charge >= 0.3 is 0 Å². The van der Waals surface area contributed by atoms with E-state index in [0.29, 0.717) is 6.04 Å². The van der Waals surface area contributed by atoms with Crippen LogP contribution in [-0.2, 0) is 19.4 Å². The molecule has 2 aromatic heterocycles. The molecule has 1 saturated heterocycles. The molecule has 3 heterocycles. The molecule has 1 fully saturated rings. The lowest BCUT2D eigenvalue weighted by molar-refractivity contribution is 0.610. The number of aromatic amines is 2. The number of hydrogen-bond donors (Lipinski definition) is 4. The molecule has 0 radical (unpaired) electrons. The zero-order valence-corrected chi connectivity index (χ0v) is 22.3. The smallest absolute Gasteiger partial charge is 0.124 e. The molecule has 4 aromatic rings. The van der Waals surface area contributed by atoms with Crippen LogP contribution in [0.15, 0.2) is 48.7 Å². The van der Waals surface area contributed by atoms with Crippen LogP contribution in [0.3, 0.4) is 0 Å². The standard InChI is InChI=1S/C30H36N6.C2H2/c1-2-15-31-19-28-33-18-27(34-28)21-11-9-20(10-12-21)22-13-14-24-23(17-22)6-3-4-7-25-29(24)36-30(35-25)26-8-5-16-32-26;1-2/h9-14,17-18,26,31-32H,2-8,15-16,19H2,1H3,(H,33,34)(H,35,36);1-2H/t26-;/m0./s1. The molecule has 6 heteroatoms. The summed E-state index contributed by atoms with van der Waals surface area (Å²) in [4.78, 5) is 16.8. The molecule has 1 aliphatic carbocycles. The highest BCUT2D eigenvalue weighted by atomic mass is 15.0. The van der Waals surface area contributed by atoms with Gasteiger partial charge < -0.3 is 20.6 Å². The fraction of sp³-hybridized carbons (Fsp3) is 0.375. The second-order valence-corrected chi connectivity index (χ2v) is 10.2. The maximum absolute atomic E-state index is 5.12. The van der Waals surface area contributed by atoms with Crippen molar-refractivity contribution in [1.82, 2.24) is 30.6 Å². The molecule has 0 bridgehead atoms. The van der Waals surface area contributed by atoms with E-state index in [0.717, 1.165) is 61.8 Å². The van der Waals surface area contributed by atoms with Crippen molar-refractivity contribution in [3.8, 4) is 46.5 Å². The van der Waals surface area contributed by atoms with Gasteiger partial charge in [0.1, 0.15) is 11.6 Å². The van der Waals surface area contributed by atoms with Gasteiger partial charge in [0.2, 0.25) is 0 Å². The van der Waals surface area contributed by atoms with E-state index in [1.165, 1.54) is 59.3 Å². The van der Waals surface area contributed by atoms with Crippen LogP contribution in [0.1, 0.15) is 68.0 Å². The van der Waals surface area contributed by atoms with Crippen molar-refractivity contribution in [3.63, 3.8) is 0 Å². The first-order chi connectivity index (χ1) is 18.8. The van der Waals surface area contributed by atoms with Gasteiger partial charge in [0.25, 0.3) is 0 Å². The van der Waals surface area contributed by atoms with E-state index < -0.39 is 0 Å². The normalized spacial score (nSPS) is 16.6. The summed E-state index contributed by atoms with van der Waals surface area (Å²) in [6.07, 6.45) is 18.1. The van der Waals surface area contributed by atoms with Crippen LogP contribution < -0.4 is 10.6 Å². The van der Waals surface area contributed by atoms with Crippen molar-refractivity contribution in [2.75, 3.05) is 13.1 Å². The van der Waals surface area contributed by atoms with Crippen LogP contribution in [0.25, 0.3) is 33.6 Å². The summed E-state index contributed by atoms with van der Waals surface area (Å²) in [5.41, 5.74) is 9.91. The third kappa shape index (κ3) is 5.60. The Kier molecular flexibility index (Phi) is 8.37. The lowest BCUT2D eigenvalue weighted by Crippen LogP contribution is -2.14. The maximum Gasteiger partial charge on any atom is 0.124 e. The molecule has 2 aliphatic rings. The van der Waals surface area contributed by atoms with E-state index in [1.54, 1.807) is 0 Å². The first-order valence-corrected chi connectivity index (χ1v) is 13.9. The topological polar surface area (TPSA) is 81.4 Å². The van der Waals surface area contributed by atoms with Crippen molar-refractivity contribution in [3.05, 3.63) is 71.6 Å². The molecule has 6 nitrogen and oxygen atoms in total. The molecule has 0 amide bonds. The monoisotopic (exact) mass is 506 g/mol. The number of H-pyrrole nitrogens is 2. The summed E-state index contributed by atoms with van der Waals surface area (Å²) in [7, 11) is 0. The van der Waals surface area contributed by atoms with Gasteiger partial charge in [0.05, 0.1) is 30.2 Å². The Hall–Kier alpha value is -3.66. The number of benzene rings is 2. The Labute approximate surface area is 226 Å². The summed E-state index contributed by atoms with van der Waals surface area (Å²) in [6.45, 7) is 5.04. The lowest BCUT2D eigenvalue weighted by Gasteiger charge is -2.15. The van der Waals surface area contributed by atoms with Gasteiger partial charge in [-0.3, -0.25) is 0 Å². The molecular weight excluding hydrogens is 468 g/mol. The fourth-order valence-electron chi connectivity index (χ4n) is 5.57. The van der Waals surface area contributed by atoms with E-state index >= 15 is 0 Å². The van der Waals surface area contributed by atoms with Crippen molar-refractivity contribution >= 4 is 0 Å². The largest absolute Gasteiger partial charge is 0.344 e. The highest BCUT2D eigenvalue weighted by Crippen LogP contribution is 2.35. The van der Waals surface area contributed by atoms with Crippen molar-refractivity contribution in [2.45, 2.75) is 64.5 Å². The Morgan fingerprint density at radius 3 is 2.53 bits per heavy atom. The third-order valence-electron chi connectivity index (χ3n) is 7.55. The van der Waals surface area contributed by atoms with E-state index in [9.17, 15) is 0 Å². The molecule has 1 atom stereocenters. The van der Waals surface area contributed by atoms with Crippen LogP contribution in [0.5, 0.6) is 0 Å². The molecule has 2 aromatic carbocycles. The number of aryl methyl sites for hydroxylation is 2. The lowest BCUT2D eigenvalue weighted by atomic mass is 9.90. The molecule has 38 heavy (non-hydrogen) atoms. The van der Waals surface area contributed by atoms with Gasteiger partial charge in [0.15, 0.2) is 0 Å². The molecule has 6 rings (SSSR count). The minimum Gasteiger partial charge on any atom is -0.344 e. The van der Waals surface area contributed by atoms with Crippen molar-refractivity contribution < 1.29 is 0 Å². The predicted molar refractivity (Wildman–Crippen MR) is 156 cm³/mol. The van der Waals surface area contributed by atoms with Gasteiger partial charge in [-0.15, -0.1) is 12.8 Å². The second-order valence-electron chi connectivity index (χ2n) is 10.2. The average Bonchev–Trinajstić information content (AvgIpc) is 3.73. The number of rotatable bonds is 7. The predicted octanol–water partition coefficient (Wildman–Crippen LogP) is 6.19. The van der Waals surface area contributed by atoms with Crippen LogP contribution in [0.2, 0.25) is 0 Å². The Morgan fingerprint density at radius 2 is 1.74 bits per heavy atom. The van der Waals surface area contributed by atoms with E-state index in [4.69, 9.17) is 4.98 Å². The second kappa shape index (κ2) is 12.3. The number of hydrogen-bond acceptors (Lipinski definition) is 4. The summed E-state index contributed by atoms with van der Waals surface area (Å²) in [6, 6.07) is 16.1. The molecular formula is C32H38N6. The van der Waals surface area contributed by atoms with Crippen LogP contribution >= 0.6 is 0 Å². The van der Waals surface area contributed by atoms with E-state index in [1.807, 2.05) is 6.20 Å². The molecule has 0 saturated carbocycles. The van der Waals surface area contributed by atoms with Crippen LogP contribution in [0, 0.1) is 12.8 Å². The van der Waals surface area contributed by atoms with Gasteiger partial charge in [-0.1, -0.05) is 49.4 Å². The minimum absolute atomic E-state index is 0.373. The first-order valence-electron chi connectivity index (χ1n) is 13.9. The van der Waals surface area contributed by atoms with Gasteiger partial charge in [-0.05, 0) is 80.3 Å². The first kappa shape index (κ1) is 26.0. The molecule has 0 spiro atoms. The summed E-state index contributed by atoms with van der Waals surface area (Å²) >= 11 is 0. The van der Waals surface area contributed by atoms with E-state index in [-0.39, 0.29) is 0 Å². The number of nitrogens with zero attached hydrogens (tertiary/aromatic N) is 2. The number of imidazole rings is 2. The maximum atomic E-state index is 5.12. The number of aromatic nitrogens is 4. The van der Waals surface area contributed by atoms with Crippen LogP contribution in [0.4, 0.5) is 0 Å². The SMILES string of the molecule is C#C.CCCNCc1ncc(-c2ccc(-c3ccc4c(c3)CCCCc3[nH]c([C@@H]5CCCN5)nc3-4)cc2)[nH]1. The molecule has 0 unspecified atom stereocenters. The summed E-state index contributed by atoms with van der Waals surface area (Å²) in [5, 5.41) is 6.99. The van der Waals surface area contributed by atoms with Crippen LogP contribution in [-0.4, -0.2) is 33.0 Å². The van der Waals surface area contributed by atoms with Crippen molar-refractivity contribution in [1.29, 1.82) is 0 Å². The summed E-state index contributed by atoms with van der Waals surface area (Å²) < 4.78 is 0. The quantitative estimate of drug-likeness (QED) is 0.178. The zero-order valence-electron chi connectivity index (χ0n) is 22.3. The zero-order chi connectivity index (χ0) is 26.3. The number of nitrogens with one attached hydrogen (secondary N) is 4. The Balaban J connectivity index is 0.00000144.